The molecule has 0 saturated carbocycles. The summed E-state index contributed by atoms with van der Waals surface area (Å²) in [6.07, 6.45) is 5.41. The van der Waals surface area contributed by atoms with Gasteiger partial charge in [-0.25, -0.2) is 14.2 Å². The minimum Gasteiger partial charge on any atom is -0.375 e. The van der Waals surface area contributed by atoms with Gasteiger partial charge in [-0.15, -0.1) is 6.58 Å². The van der Waals surface area contributed by atoms with Crippen molar-refractivity contribution in [1.29, 1.82) is 0 Å². The number of hydrogen-bond acceptors (Lipinski definition) is 4. The summed E-state index contributed by atoms with van der Waals surface area (Å²) in [5.41, 5.74) is 2.61. The number of rotatable bonds is 9. The highest BCUT2D eigenvalue weighted by Gasteiger charge is 2.26. The molecule has 3 amide bonds. The molecule has 3 aromatic rings. The van der Waals surface area contributed by atoms with Gasteiger partial charge in [-0.1, -0.05) is 76.7 Å². The number of nitrogens with zero attached hydrogens (tertiary/aromatic N) is 3. The summed E-state index contributed by atoms with van der Waals surface area (Å²) in [5.74, 6) is -0.342. The Morgan fingerprint density at radius 3 is 2.33 bits per heavy atom. The number of nitrogens with one attached hydrogen (secondary N) is 3. The van der Waals surface area contributed by atoms with Gasteiger partial charge in [0.2, 0.25) is 5.91 Å². The van der Waals surface area contributed by atoms with E-state index in [1.165, 1.54) is 12.5 Å². The van der Waals surface area contributed by atoms with Gasteiger partial charge < -0.3 is 25.4 Å². The van der Waals surface area contributed by atoms with Crippen LogP contribution in [0, 0.1) is 5.82 Å². The molecule has 3 N–H and O–H groups in total. The molecule has 1 fully saturated rings. The van der Waals surface area contributed by atoms with E-state index in [4.69, 9.17) is 0 Å². The average Bonchev–Trinajstić information content (AvgIpc) is 3.47. The lowest BCUT2D eigenvalue weighted by atomic mass is 10.1. The molecule has 1 saturated heterocycles. The van der Waals surface area contributed by atoms with Gasteiger partial charge >= 0.3 is 6.03 Å². The number of fused-ring (bicyclic) bond motifs is 1. The van der Waals surface area contributed by atoms with Crippen molar-refractivity contribution in [2.24, 2.45) is 0 Å². The molecule has 0 spiro atoms. The molecule has 0 radical (unpaired) electrons. The lowest BCUT2D eigenvalue weighted by molar-refractivity contribution is -0.123. The van der Waals surface area contributed by atoms with Crippen molar-refractivity contribution in [3.63, 3.8) is 0 Å². The fourth-order valence-electron chi connectivity index (χ4n) is 4.40. The Hall–Kier alpha value is -4.14. The van der Waals surface area contributed by atoms with Crippen molar-refractivity contribution in [3.05, 3.63) is 90.7 Å². The topological polar surface area (TPSA) is 93.4 Å². The third-order valence-electron chi connectivity index (χ3n) is 6.41. The number of urea groups is 1. The van der Waals surface area contributed by atoms with E-state index in [0.29, 0.717) is 24.3 Å². The SMILES string of the molecule is C=C(C[C@H](NC(=O)N(C)Cc1ccccc1)C(=O)NCc1nc2c(F)cccc2[nH]1)N1CCCCC1.C=CC.CC.CC.[HH].[HH]. The molecule has 0 aliphatic carbocycles. The van der Waals surface area contributed by atoms with Gasteiger partial charge in [0.05, 0.1) is 12.1 Å². The number of likely N-dealkylation sites (tertiary alicyclic amines) is 1. The zero-order chi connectivity index (χ0) is 32.2. The highest BCUT2D eigenvalue weighted by atomic mass is 19.1. The number of amides is 3. The van der Waals surface area contributed by atoms with Gasteiger partial charge in [0, 0.05) is 41.7 Å². The molecule has 9 heteroatoms. The second-order valence-corrected chi connectivity index (χ2v) is 9.61. The second kappa shape index (κ2) is 20.7. The Morgan fingerprint density at radius 2 is 1.72 bits per heavy atom. The van der Waals surface area contributed by atoms with Crippen molar-refractivity contribution in [1.82, 2.24) is 30.4 Å². The van der Waals surface area contributed by atoms with Crippen LogP contribution in [-0.2, 0) is 17.9 Å². The Labute approximate surface area is 260 Å². The Bertz CT molecular complexity index is 1270. The number of aromatic nitrogens is 2. The molecule has 1 atom stereocenters. The quantitative estimate of drug-likeness (QED) is 0.221. The average molecular weight is 599 g/mol. The first-order valence-electron chi connectivity index (χ1n) is 15.3. The second-order valence-electron chi connectivity index (χ2n) is 9.61. The van der Waals surface area contributed by atoms with Crippen LogP contribution in [-0.4, -0.2) is 57.9 Å². The predicted molar refractivity (Wildman–Crippen MR) is 180 cm³/mol. The summed E-state index contributed by atoms with van der Waals surface area (Å²) in [6, 6.07) is 13.2. The molecule has 1 aliphatic heterocycles. The largest absolute Gasteiger partial charge is 0.375 e. The maximum absolute atomic E-state index is 14.0. The number of aromatic amines is 1. The van der Waals surface area contributed by atoms with E-state index in [1.807, 2.05) is 65.0 Å². The van der Waals surface area contributed by atoms with Crippen molar-refractivity contribution < 1.29 is 16.8 Å². The number of allylic oxidation sites excluding steroid dienone is 1. The number of hydrogen-bond donors (Lipinski definition) is 3. The molecule has 1 aromatic heterocycles. The lowest BCUT2D eigenvalue weighted by Gasteiger charge is -2.32. The fraction of sp³-hybridized carbons (Fsp3) is 0.441. The van der Waals surface area contributed by atoms with E-state index in [0.717, 1.165) is 37.2 Å². The monoisotopic (exact) mass is 598 g/mol. The first kappa shape index (κ1) is 36.9. The molecule has 240 valence electrons. The van der Waals surface area contributed by atoms with E-state index in [2.05, 4.69) is 38.7 Å². The van der Waals surface area contributed by atoms with Crippen LogP contribution in [0.2, 0.25) is 0 Å². The number of piperidine rings is 1. The van der Waals surface area contributed by atoms with Crippen LogP contribution in [0.4, 0.5) is 9.18 Å². The van der Waals surface area contributed by atoms with Gasteiger partial charge in [0.25, 0.3) is 0 Å². The number of carbonyl (C=O) groups excluding carboxylic acids is 2. The van der Waals surface area contributed by atoms with Crippen molar-refractivity contribution in [2.75, 3.05) is 20.1 Å². The molecule has 0 unspecified atom stereocenters. The molecular weight excluding hydrogens is 543 g/mol. The van der Waals surface area contributed by atoms with Crippen molar-refractivity contribution >= 4 is 23.0 Å². The predicted octanol–water partition coefficient (Wildman–Crippen LogP) is 7.65. The number of benzene rings is 2. The first-order valence-corrected chi connectivity index (χ1v) is 15.3. The molecule has 2 heterocycles. The zero-order valence-corrected chi connectivity index (χ0v) is 26.9. The van der Waals surface area contributed by atoms with E-state index in [1.54, 1.807) is 30.2 Å². The maximum Gasteiger partial charge on any atom is 0.318 e. The Morgan fingerprint density at radius 1 is 1.09 bits per heavy atom. The molecule has 2 aromatic carbocycles. The molecule has 0 bridgehead atoms. The number of imidazole rings is 1. The zero-order valence-electron chi connectivity index (χ0n) is 26.9. The van der Waals surface area contributed by atoms with Gasteiger partial charge in [-0.2, -0.15) is 0 Å². The Kier molecular flexibility index (Phi) is 17.7. The van der Waals surface area contributed by atoms with Crippen LogP contribution in [0.5, 0.6) is 0 Å². The standard InChI is InChI=1S/C27H33FN6O2.C3H6.2C2H6.2H2/c1-19(34-14-7-4-8-15-34)16-23(31-27(36)33(2)18-20-10-5-3-6-11-20)26(35)29-17-24-30-22-13-9-12-21(28)25(22)32-24;1-3-2;2*1-2;;/h3,5-6,9-13,23H,1,4,7-8,14-18H2,2H3,(H,29,35)(H,30,32)(H,31,36);3H,1H2,2H3;2*1-2H3;2*1H/t23-;;;;;/m0...../s1. The lowest BCUT2D eigenvalue weighted by Crippen LogP contribution is -2.51. The molecule has 1 aliphatic rings. The van der Waals surface area contributed by atoms with E-state index < -0.39 is 11.9 Å². The summed E-state index contributed by atoms with van der Waals surface area (Å²) in [6.45, 7) is 19.7. The van der Waals surface area contributed by atoms with Gasteiger partial charge in [0.1, 0.15) is 17.4 Å². The van der Waals surface area contributed by atoms with Crippen LogP contribution in [0.3, 0.4) is 0 Å². The van der Waals surface area contributed by atoms with E-state index >= 15 is 0 Å². The highest BCUT2D eigenvalue weighted by molar-refractivity contribution is 5.87. The van der Waals surface area contributed by atoms with Crippen molar-refractivity contribution in [3.8, 4) is 0 Å². The van der Waals surface area contributed by atoms with Gasteiger partial charge in [-0.05, 0) is 43.9 Å². The molecular formula is C34H55FN6O2. The smallest absolute Gasteiger partial charge is 0.318 e. The van der Waals surface area contributed by atoms with Gasteiger partial charge in [-0.3, -0.25) is 4.79 Å². The number of H-pyrrole nitrogens is 1. The van der Waals surface area contributed by atoms with Crippen LogP contribution in [0.15, 0.2) is 73.5 Å². The third kappa shape index (κ3) is 12.3. The van der Waals surface area contributed by atoms with E-state index in [9.17, 15) is 14.0 Å². The highest BCUT2D eigenvalue weighted by Crippen LogP contribution is 2.18. The summed E-state index contributed by atoms with van der Waals surface area (Å²) < 4.78 is 14.0. The molecule has 4 rings (SSSR count). The minimum atomic E-state index is -0.814. The number of halogens is 1. The van der Waals surface area contributed by atoms with E-state index in [-0.39, 0.29) is 26.9 Å². The summed E-state index contributed by atoms with van der Waals surface area (Å²) in [4.78, 5) is 37.2. The van der Waals surface area contributed by atoms with Crippen LogP contribution in [0.1, 0.15) is 74.5 Å². The normalized spacial score (nSPS) is 12.6. The van der Waals surface area contributed by atoms with Crippen LogP contribution < -0.4 is 10.6 Å². The number of carbonyl (C=O) groups is 2. The summed E-state index contributed by atoms with van der Waals surface area (Å²) in [5, 5.41) is 5.71. The first-order chi connectivity index (χ1) is 20.8. The fourth-order valence-corrected chi connectivity index (χ4v) is 4.40. The molecule has 8 nitrogen and oxygen atoms in total. The Balaban J connectivity index is 0. The maximum atomic E-state index is 14.0. The number of para-hydroxylation sites is 1. The van der Waals surface area contributed by atoms with Crippen LogP contribution in [0.25, 0.3) is 11.0 Å². The minimum absolute atomic E-state index is 0. The summed E-state index contributed by atoms with van der Waals surface area (Å²) >= 11 is 0. The third-order valence-corrected chi connectivity index (χ3v) is 6.41. The molecule has 43 heavy (non-hydrogen) atoms. The van der Waals surface area contributed by atoms with Crippen LogP contribution >= 0.6 is 0 Å². The van der Waals surface area contributed by atoms with Gasteiger partial charge in [0.15, 0.2) is 5.82 Å². The van der Waals surface area contributed by atoms with Crippen molar-refractivity contribution in [2.45, 2.75) is 79.4 Å². The summed E-state index contributed by atoms with van der Waals surface area (Å²) in [7, 11) is 1.69.